The molecule has 0 saturated heterocycles. The molecule has 168 valence electrons. The van der Waals surface area contributed by atoms with Crippen LogP contribution in [0.25, 0.3) is 0 Å². The fourth-order valence-corrected chi connectivity index (χ4v) is 3.34. The Kier molecular flexibility index (Phi) is 14.5. The Balaban J connectivity index is 2.33. The van der Waals surface area contributed by atoms with Gasteiger partial charge >= 0.3 is 7.82 Å². The molecule has 8 heteroatoms. The zero-order valence-corrected chi connectivity index (χ0v) is 18.6. The molecule has 0 saturated carbocycles. The van der Waals surface area contributed by atoms with E-state index in [0.717, 1.165) is 12.8 Å². The first-order valence-corrected chi connectivity index (χ1v) is 12.2. The van der Waals surface area contributed by atoms with E-state index >= 15 is 0 Å². The van der Waals surface area contributed by atoms with Gasteiger partial charge in [-0.25, -0.2) is 9.45 Å². The highest BCUT2D eigenvalue weighted by atomic mass is 31.2. The average molecular weight is 432 g/mol. The Labute approximate surface area is 174 Å². The number of unbranched alkanes of at least 4 members (excludes halogenated alkanes) is 8. The summed E-state index contributed by atoms with van der Waals surface area (Å²) in [6.07, 6.45) is 9.12. The van der Waals surface area contributed by atoms with Gasteiger partial charge in [0.1, 0.15) is 0 Å². The third-order valence-corrected chi connectivity index (χ3v) is 4.93. The molecule has 7 nitrogen and oxygen atoms in total. The Bertz CT molecular complexity index is 549. The zero-order chi connectivity index (χ0) is 21.4. The molecule has 0 fully saturated rings. The number of hydrogen-bond donors (Lipinski definition) is 2. The third-order valence-electron chi connectivity index (χ3n) is 4.42. The second-order valence-corrected chi connectivity index (χ2v) is 8.25. The first-order chi connectivity index (χ1) is 14.0. The van der Waals surface area contributed by atoms with Crippen LogP contribution in [-0.2, 0) is 23.6 Å². The number of phosphoric ester groups is 1. The van der Waals surface area contributed by atoms with Gasteiger partial charge in [-0.05, 0) is 12.8 Å². The molecular formula is C21H37O7P. The molecule has 1 aromatic carbocycles. The van der Waals surface area contributed by atoms with Crippen molar-refractivity contribution in [1.29, 1.82) is 0 Å². The van der Waals surface area contributed by atoms with Crippen molar-refractivity contribution in [1.82, 2.24) is 0 Å². The molecule has 2 N–H and O–H groups in total. The molecule has 0 heterocycles. The SMILES string of the molecule is CCCCCCCCCCCOOC(OC(CC)OP(=O)(O)O)c1ccccc1. The maximum Gasteiger partial charge on any atom is 0.471 e. The second-order valence-electron chi connectivity index (χ2n) is 7.06. The van der Waals surface area contributed by atoms with Crippen molar-refractivity contribution in [2.45, 2.75) is 90.6 Å². The number of rotatable bonds is 18. The Morgan fingerprint density at radius 3 is 2.03 bits per heavy atom. The van der Waals surface area contributed by atoms with Crippen LogP contribution in [0.4, 0.5) is 0 Å². The highest BCUT2D eigenvalue weighted by molar-refractivity contribution is 7.46. The maximum atomic E-state index is 11.1. The molecule has 1 rings (SSSR count). The molecule has 0 bridgehead atoms. The summed E-state index contributed by atoms with van der Waals surface area (Å²) >= 11 is 0. The van der Waals surface area contributed by atoms with Crippen molar-refractivity contribution < 1.29 is 33.4 Å². The molecule has 0 spiro atoms. The van der Waals surface area contributed by atoms with Crippen LogP contribution >= 0.6 is 7.82 Å². The van der Waals surface area contributed by atoms with Gasteiger partial charge in [-0.1, -0.05) is 95.5 Å². The van der Waals surface area contributed by atoms with Crippen LogP contribution in [0.3, 0.4) is 0 Å². The minimum atomic E-state index is -4.66. The van der Waals surface area contributed by atoms with E-state index in [1.807, 2.05) is 18.2 Å². The van der Waals surface area contributed by atoms with Crippen molar-refractivity contribution in [3.8, 4) is 0 Å². The molecule has 0 aromatic heterocycles. The molecule has 0 amide bonds. The topological polar surface area (TPSA) is 94.5 Å². The smallest absolute Gasteiger partial charge is 0.316 e. The Hall–Kier alpha value is -0.790. The van der Waals surface area contributed by atoms with E-state index in [4.69, 9.17) is 24.3 Å². The molecule has 1 aromatic rings. The van der Waals surface area contributed by atoms with Gasteiger partial charge in [0.25, 0.3) is 0 Å². The van der Waals surface area contributed by atoms with Crippen LogP contribution in [0.15, 0.2) is 30.3 Å². The highest BCUT2D eigenvalue weighted by Gasteiger charge is 2.26. The van der Waals surface area contributed by atoms with Gasteiger partial charge < -0.3 is 14.5 Å². The minimum absolute atomic E-state index is 0.246. The van der Waals surface area contributed by atoms with Gasteiger partial charge in [0.2, 0.25) is 6.29 Å². The van der Waals surface area contributed by atoms with E-state index in [-0.39, 0.29) is 6.42 Å². The number of benzene rings is 1. The summed E-state index contributed by atoms with van der Waals surface area (Å²) < 4.78 is 21.3. The van der Waals surface area contributed by atoms with Crippen molar-refractivity contribution in [2.75, 3.05) is 6.61 Å². The van der Waals surface area contributed by atoms with Crippen molar-refractivity contribution in [3.05, 3.63) is 35.9 Å². The molecular weight excluding hydrogens is 395 g/mol. The fourth-order valence-electron chi connectivity index (χ4n) is 2.84. The number of ether oxygens (including phenoxy) is 1. The van der Waals surface area contributed by atoms with Crippen molar-refractivity contribution in [3.63, 3.8) is 0 Å². The average Bonchev–Trinajstić information content (AvgIpc) is 2.70. The van der Waals surface area contributed by atoms with Gasteiger partial charge in [0.15, 0.2) is 6.29 Å². The lowest BCUT2D eigenvalue weighted by Gasteiger charge is -2.23. The standard InChI is InChI=1S/C21H37O7P/c1-3-5-6-7-8-9-10-11-15-18-25-27-21(19-16-13-12-14-17-19)26-20(4-2)28-29(22,23)24/h12-14,16-17,20-21H,3-11,15,18H2,1-2H3,(H2,22,23,24). The van der Waals surface area contributed by atoms with Gasteiger partial charge in [-0.2, -0.15) is 4.89 Å². The van der Waals surface area contributed by atoms with Crippen LogP contribution in [0.2, 0.25) is 0 Å². The van der Waals surface area contributed by atoms with E-state index in [1.54, 1.807) is 19.1 Å². The van der Waals surface area contributed by atoms with Crippen LogP contribution in [0.1, 0.15) is 89.9 Å². The normalized spacial score (nSPS) is 14.1. The molecule has 29 heavy (non-hydrogen) atoms. The quantitative estimate of drug-likeness (QED) is 0.0962. The Morgan fingerprint density at radius 1 is 0.897 bits per heavy atom. The fraction of sp³-hybridized carbons (Fsp3) is 0.714. The van der Waals surface area contributed by atoms with E-state index in [0.29, 0.717) is 12.2 Å². The van der Waals surface area contributed by atoms with Crippen molar-refractivity contribution in [2.24, 2.45) is 0 Å². The lowest BCUT2D eigenvalue weighted by atomic mass is 10.1. The summed E-state index contributed by atoms with van der Waals surface area (Å²) in [5, 5.41) is 0. The minimum Gasteiger partial charge on any atom is -0.316 e. The zero-order valence-electron chi connectivity index (χ0n) is 17.7. The predicted octanol–water partition coefficient (Wildman–Crippen LogP) is 6.03. The lowest BCUT2D eigenvalue weighted by molar-refractivity contribution is -0.400. The Morgan fingerprint density at radius 2 is 1.48 bits per heavy atom. The molecule has 2 unspecified atom stereocenters. The summed E-state index contributed by atoms with van der Waals surface area (Å²) in [7, 11) is -4.66. The molecule has 0 aliphatic heterocycles. The lowest BCUT2D eigenvalue weighted by Crippen LogP contribution is -2.21. The first kappa shape index (κ1) is 26.2. The van der Waals surface area contributed by atoms with E-state index < -0.39 is 20.4 Å². The van der Waals surface area contributed by atoms with Gasteiger partial charge in [-0.15, -0.1) is 0 Å². The van der Waals surface area contributed by atoms with Crippen molar-refractivity contribution >= 4 is 7.82 Å². The third kappa shape index (κ3) is 13.9. The molecule has 0 aliphatic carbocycles. The number of hydrogen-bond acceptors (Lipinski definition) is 5. The summed E-state index contributed by atoms with van der Waals surface area (Å²) in [6.45, 7) is 4.35. The van der Waals surface area contributed by atoms with Gasteiger partial charge in [-0.3, -0.25) is 4.52 Å². The van der Waals surface area contributed by atoms with Crippen LogP contribution in [0, 0.1) is 0 Å². The summed E-state index contributed by atoms with van der Waals surface area (Å²) in [5.74, 6) is 0. The van der Waals surface area contributed by atoms with Crippen LogP contribution in [0.5, 0.6) is 0 Å². The van der Waals surface area contributed by atoms with Crippen LogP contribution < -0.4 is 0 Å². The monoisotopic (exact) mass is 432 g/mol. The van der Waals surface area contributed by atoms with Gasteiger partial charge in [0.05, 0.1) is 6.61 Å². The van der Waals surface area contributed by atoms with Crippen LogP contribution in [-0.4, -0.2) is 22.7 Å². The second kappa shape index (κ2) is 16.0. The predicted molar refractivity (Wildman–Crippen MR) is 112 cm³/mol. The highest BCUT2D eigenvalue weighted by Crippen LogP contribution is 2.39. The summed E-state index contributed by atoms with van der Waals surface area (Å²) in [5.41, 5.74) is 0.673. The van der Waals surface area contributed by atoms with Gasteiger partial charge in [0, 0.05) is 5.56 Å². The largest absolute Gasteiger partial charge is 0.471 e. The maximum absolute atomic E-state index is 11.1. The summed E-state index contributed by atoms with van der Waals surface area (Å²) in [6, 6.07) is 9.07. The molecule has 0 radical (unpaired) electrons. The summed E-state index contributed by atoms with van der Waals surface area (Å²) in [4.78, 5) is 28.7. The van der Waals surface area contributed by atoms with E-state index in [9.17, 15) is 4.57 Å². The number of phosphoric acid groups is 1. The molecule has 2 atom stereocenters. The first-order valence-electron chi connectivity index (χ1n) is 10.7. The molecule has 0 aliphatic rings. The van der Waals surface area contributed by atoms with E-state index in [2.05, 4.69) is 11.4 Å². The van der Waals surface area contributed by atoms with E-state index in [1.165, 1.54) is 44.9 Å².